The second kappa shape index (κ2) is 5.69. The van der Waals surface area contributed by atoms with Crippen molar-refractivity contribution < 1.29 is 24.1 Å². The molecule has 0 aliphatic carbocycles. The summed E-state index contributed by atoms with van der Waals surface area (Å²) in [5, 5.41) is 10.0. The highest BCUT2D eigenvalue weighted by Gasteiger charge is 2.44. The number of carbonyl (C=O) groups excluding carboxylic acids is 1. The minimum Gasteiger partial charge on any atom is -0.459 e. The van der Waals surface area contributed by atoms with Gasteiger partial charge in [0.1, 0.15) is 12.2 Å². The van der Waals surface area contributed by atoms with Gasteiger partial charge in [0.05, 0.1) is 11.7 Å². The summed E-state index contributed by atoms with van der Waals surface area (Å²) in [5.41, 5.74) is -0.561. The summed E-state index contributed by atoms with van der Waals surface area (Å²) >= 11 is 0. The zero-order valence-electron chi connectivity index (χ0n) is 11.0. The van der Waals surface area contributed by atoms with Crippen molar-refractivity contribution in [2.24, 2.45) is 0 Å². The molecule has 0 radical (unpaired) electrons. The molecule has 5 nitrogen and oxygen atoms in total. The largest absolute Gasteiger partial charge is 0.459 e. The molecule has 19 heavy (non-hydrogen) atoms. The molecule has 0 bridgehead atoms. The second-order valence-electron chi connectivity index (χ2n) is 4.85. The van der Waals surface area contributed by atoms with Crippen LogP contribution in [0.4, 0.5) is 0 Å². The number of aliphatic hydroxyl groups is 1. The van der Waals surface area contributed by atoms with Gasteiger partial charge in [-0.1, -0.05) is 18.2 Å². The van der Waals surface area contributed by atoms with Crippen LogP contribution in [0, 0.1) is 0 Å². The Hall–Kier alpha value is -1.43. The quantitative estimate of drug-likeness (QED) is 0.833. The third-order valence-corrected chi connectivity index (χ3v) is 3.09. The van der Waals surface area contributed by atoms with E-state index in [1.54, 1.807) is 31.2 Å². The minimum absolute atomic E-state index is 0.101. The van der Waals surface area contributed by atoms with Gasteiger partial charge in [0.2, 0.25) is 0 Å². The fraction of sp³-hybridized carbons (Fsp3) is 0.500. The van der Waals surface area contributed by atoms with Crippen molar-refractivity contribution in [1.82, 2.24) is 0 Å². The van der Waals surface area contributed by atoms with Gasteiger partial charge in [-0.15, -0.1) is 0 Å². The van der Waals surface area contributed by atoms with Gasteiger partial charge in [0.15, 0.2) is 6.29 Å². The maximum atomic E-state index is 11.7. The van der Waals surface area contributed by atoms with Crippen molar-refractivity contribution in [2.75, 3.05) is 13.7 Å². The van der Waals surface area contributed by atoms with Crippen molar-refractivity contribution in [3.8, 4) is 0 Å². The van der Waals surface area contributed by atoms with Gasteiger partial charge in [0, 0.05) is 13.5 Å². The fourth-order valence-corrected chi connectivity index (χ4v) is 2.16. The van der Waals surface area contributed by atoms with Crippen LogP contribution in [-0.4, -0.2) is 42.8 Å². The lowest BCUT2D eigenvalue weighted by Gasteiger charge is -2.21. The average Bonchev–Trinajstić information content (AvgIpc) is 2.71. The van der Waals surface area contributed by atoms with Crippen LogP contribution in [0.2, 0.25) is 0 Å². The molecule has 5 heteroatoms. The van der Waals surface area contributed by atoms with Crippen molar-refractivity contribution >= 4 is 5.97 Å². The number of hydrogen-bond donors (Lipinski definition) is 1. The van der Waals surface area contributed by atoms with E-state index in [1.807, 2.05) is 6.07 Å². The molecule has 1 fully saturated rings. The smallest absolute Gasteiger partial charge is 0.338 e. The van der Waals surface area contributed by atoms with Crippen LogP contribution in [0.1, 0.15) is 23.7 Å². The molecule has 1 heterocycles. The highest BCUT2D eigenvalue weighted by molar-refractivity contribution is 5.89. The number of esters is 1. The molecule has 1 aromatic carbocycles. The molecule has 0 saturated carbocycles. The normalized spacial score (nSPS) is 30.3. The van der Waals surface area contributed by atoms with E-state index in [2.05, 4.69) is 0 Å². The molecule has 1 unspecified atom stereocenters. The number of hydrogen-bond acceptors (Lipinski definition) is 5. The second-order valence-corrected chi connectivity index (χ2v) is 4.85. The van der Waals surface area contributed by atoms with Crippen molar-refractivity contribution in [2.45, 2.75) is 31.3 Å². The molecule has 2 rings (SSSR count). The molecule has 104 valence electrons. The average molecular weight is 266 g/mol. The fourth-order valence-electron chi connectivity index (χ4n) is 2.16. The van der Waals surface area contributed by atoms with Gasteiger partial charge in [-0.2, -0.15) is 0 Å². The molecule has 1 N–H and O–H groups in total. The lowest BCUT2D eigenvalue weighted by Crippen LogP contribution is -2.35. The Labute approximate surface area is 112 Å². The van der Waals surface area contributed by atoms with Crippen molar-refractivity contribution in [1.29, 1.82) is 0 Å². The van der Waals surface area contributed by atoms with Gasteiger partial charge in [-0.25, -0.2) is 4.79 Å². The standard InChI is InChI=1S/C14H18O5/c1-14(16)8-11(19-13(14)17-2)9-18-12(15)10-6-4-3-5-7-10/h3-7,11,13,16H,8-9H2,1-2H3/t11-,13+,14?/m0/s1. The first-order valence-corrected chi connectivity index (χ1v) is 6.16. The lowest BCUT2D eigenvalue weighted by molar-refractivity contribution is -0.183. The summed E-state index contributed by atoms with van der Waals surface area (Å²) < 4.78 is 15.7. The van der Waals surface area contributed by atoms with E-state index in [1.165, 1.54) is 7.11 Å². The van der Waals surface area contributed by atoms with Gasteiger partial charge in [-0.3, -0.25) is 0 Å². The summed E-state index contributed by atoms with van der Waals surface area (Å²) in [4.78, 5) is 11.7. The van der Waals surface area contributed by atoms with Gasteiger partial charge in [0.25, 0.3) is 0 Å². The molecular weight excluding hydrogens is 248 g/mol. The molecule has 3 atom stereocenters. The van der Waals surface area contributed by atoms with Gasteiger partial charge in [-0.05, 0) is 19.1 Å². The van der Waals surface area contributed by atoms with E-state index in [9.17, 15) is 9.90 Å². The monoisotopic (exact) mass is 266 g/mol. The zero-order valence-corrected chi connectivity index (χ0v) is 11.0. The molecule has 0 amide bonds. The highest BCUT2D eigenvalue weighted by Crippen LogP contribution is 2.30. The first-order chi connectivity index (χ1) is 9.03. The Balaban J connectivity index is 1.86. The molecular formula is C14H18O5. The molecule has 1 aromatic rings. The summed E-state index contributed by atoms with van der Waals surface area (Å²) in [6.07, 6.45) is -0.673. The lowest BCUT2D eigenvalue weighted by atomic mass is 10.0. The topological polar surface area (TPSA) is 65.0 Å². The van der Waals surface area contributed by atoms with Crippen LogP contribution in [-0.2, 0) is 14.2 Å². The summed E-state index contributed by atoms with van der Waals surface area (Å²) in [6.45, 7) is 1.74. The Kier molecular flexibility index (Phi) is 4.19. The van der Waals surface area contributed by atoms with Gasteiger partial charge >= 0.3 is 5.97 Å². The van der Waals surface area contributed by atoms with Crippen LogP contribution in [0.15, 0.2) is 30.3 Å². The maximum absolute atomic E-state index is 11.7. The third-order valence-electron chi connectivity index (χ3n) is 3.09. The summed E-state index contributed by atoms with van der Waals surface area (Å²) in [7, 11) is 1.47. The van der Waals surface area contributed by atoms with Crippen LogP contribution in [0.3, 0.4) is 0 Å². The van der Waals surface area contributed by atoms with Gasteiger partial charge < -0.3 is 19.3 Å². The number of rotatable bonds is 4. The Morgan fingerprint density at radius 2 is 2.16 bits per heavy atom. The zero-order chi connectivity index (χ0) is 13.9. The minimum atomic E-state index is -1.06. The summed E-state index contributed by atoms with van der Waals surface area (Å²) in [5.74, 6) is -0.398. The first kappa shape index (κ1) is 14.0. The highest BCUT2D eigenvalue weighted by atomic mass is 16.7. The number of ether oxygens (including phenoxy) is 3. The van der Waals surface area contributed by atoms with E-state index < -0.39 is 17.9 Å². The summed E-state index contributed by atoms with van der Waals surface area (Å²) in [6, 6.07) is 8.75. The third kappa shape index (κ3) is 3.32. The van der Waals surface area contributed by atoms with E-state index >= 15 is 0 Å². The van der Waals surface area contributed by atoms with Crippen LogP contribution in [0.25, 0.3) is 0 Å². The molecule has 1 saturated heterocycles. The predicted molar refractivity (Wildman–Crippen MR) is 67.6 cm³/mol. The maximum Gasteiger partial charge on any atom is 0.338 e. The van der Waals surface area contributed by atoms with E-state index in [0.717, 1.165) is 0 Å². The van der Waals surface area contributed by atoms with E-state index in [-0.39, 0.29) is 12.7 Å². The number of carbonyl (C=O) groups is 1. The van der Waals surface area contributed by atoms with Crippen LogP contribution in [0.5, 0.6) is 0 Å². The molecule has 1 aliphatic heterocycles. The van der Waals surface area contributed by atoms with E-state index in [4.69, 9.17) is 14.2 Å². The Morgan fingerprint density at radius 3 is 2.74 bits per heavy atom. The molecule has 0 aromatic heterocycles. The van der Waals surface area contributed by atoms with Crippen LogP contribution < -0.4 is 0 Å². The molecule has 0 spiro atoms. The number of benzene rings is 1. The SMILES string of the molecule is CO[C@@H]1O[C@H](COC(=O)c2ccccc2)CC1(C)O. The van der Waals surface area contributed by atoms with Crippen molar-refractivity contribution in [3.05, 3.63) is 35.9 Å². The van der Waals surface area contributed by atoms with E-state index in [0.29, 0.717) is 12.0 Å². The predicted octanol–water partition coefficient (Wildman–Crippen LogP) is 1.36. The Morgan fingerprint density at radius 1 is 1.47 bits per heavy atom. The first-order valence-electron chi connectivity index (χ1n) is 6.16. The molecule has 1 aliphatic rings. The van der Waals surface area contributed by atoms with Crippen LogP contribution >= 0.6 is 0 Å². The van der Waals surface area contributed by atoms with Crippen molar-refractivity contribution in [3.63, 3.8) is 0 Å². The number of methoxy groups -OCH3 is 1. The Bertz CT molecular complexity index is 429.